The van der Waals surface area contributed by atoms with Gasteiger partial charge in [-0.1, -0.05) is 43.0 Å². The predicted molar refractivity (Wildman–Crippen MR) is 67.8 cm³/mol. The number of hydrogen-bond donors (Lipinski definition) is 1. The van der Waals surface area contributed by atoms with Crippen LogP contribution >= 0.6 is 11.6 Å². The smallest absolute Gasteiger partial charge is 0.0651 e. The summed E-state index contributed by atoms with van der Waals surface area (Å²) in [5.41, 5.74) is 0.812. The first-order chi connectivity index (χ1) is 7.68. The Kier molecular flexibility index (Phi) is 3.88. The van der Waals surface area contributed by atoms with Gasteiger partial charge in [0, 0.05) is 5.02 Å². The molecule has 1 N–H and O–H groups in total. The van der Waals surface area contributed by atoms with Crippen LogP contribution in [0.3, 0.4) is 0 Å². The molecule has 1 aromatic rings. The molecule has 0 aromatic heterocycles. The second kappa shape index (κ2) is 5.20. The molecule has 2 heteroatoms. The quantitative estimate of drug-likeness (QED) is 0.845. The van der Waals surface area contributed by atoms with Crippen molar-refractivity contribution in [2.45, 2.75) is 50.5 Å². The van der Waals surface area contributed by atoms with Crippen molar-refractivity contribution in [2.24, 2.45) is 0 Å². The lowest BCUT2D eigenvalue weighted by Crippen LogP contribution is -2.31. The second-order valence-corrected chi connectivity index (χ2v) is 5.35. The molecule has 0 amide bonds. The number of rotatable bonds is 3. The fourth-order valence-corrected chi connectivity index (χ4v) is 2.74. The first kappa shape index (κ1) is 11.9. The standard InChI is InChI=1S/C14H19ClO/c15-13-6-4-5-12(11-13)7-10-14(16)8-2-1-3-9-14/h4-6,11,16H,1-3,7-10H2. The van der Waals surface area contributed by atoms with Gasteiger partial charge in [0.05, 0.1) is 5.60 Å². The highest BCUT2D eigenvalue weighted by molar-refractivity contribution is 6.30. The van der Waals surface area contributed by atoms with Gasteiger partial charge < -0.3 is 5.11 Å². The zero-order valence-electron chi connectivity index (χ0n) is 9.58. The van der Waals surface area contributed by atoms with Crippen molar-refractivity contribution in [3.8, 4) is 0 Å². The summed E-state index contributed by atoms with van der Waals surface area (Å²) in [7, 11) is 0. The van der Waals surface area contributed by atoms with Crippen LogP contribution in [0.5, 0.6) is 0 Å². The summed E-state index contributed by atoms with van der Waals surface area (Å²) >= 11 is 5.94. The van der Waals surface area contributed by atoms with Gasteiger partial charge in [-0.15, -0.1) is 0 Å². The largest absolute Gasteiger partial charge is 0.390 e. The van der Waals surface area contributed by atoms with Gasteiger partial charge in [0.1, 0.15) is 0 Å². The molecule has 0 atom stereocenters. The van der Waals surface area contributed by atoms with E-state index in [1.807, 2.05) is 18.2 Å². The molecule has 0 bridgehead atoms. The van der Waals surface area contributed by atoms with Gasteiger partial charge in [0.15, 0.2) is 0 Å². The van der Waals surface area contributed by atoms with Crippen LogP contribution < -0.4 is 0 Å². The van der Waals surface area contributed by atoms with E-state index in [1.165, 1.54) is 24.8 Å². The molecule has 0 heterocycles. The highest BCUT2D eigenvalue weighted by atomic mass is 35.5. The normalized spacial score (nSPS) is 19.6. The van der Waals surface area contributed by atoms with E-state index in [-0.39, 0.29) is 0 Å². The lowest BCUT2D eigenvalue weighted by molar-refractivity contribution is -0.00341. The van der Waals surface area contributed by atoms with Crippen LogP contribution in [0.1, 0.15) is 44.1 Å². The van der Waals surface area contributed by atoms with Crippen molar-refractivity contribution in [2.75, 3.05) is 0 Å². The first-order valence-corrected chi connectivity index (χ1v) is 6.53. The number of hydrogen-bond acceptors (Lipinski definition) is 1. The molecule has 88 valence electrons. The van der Waals surface area contributed by atoms with Gasteiger partial charge in [-0.3, -0.25) is 0 Å². The van der Waals surface area contributed by atoms with Crippen molar-refractivity contribution in [3.63, 3.8) is 0 Å². The molecular formula is C14H19ClO. The molecule has 2 rings (SSSR count). The molecule has 1 aromatic carbocycles. The van der Waals surface area contributed by atoms with Crippen LogP contribution in [0, 0.1) is 0 Å². The lowest BCUT2D eigenvalue weighted by Gasteiger charge is -2.32. The number of benzene rings is 1. The summed E-state index contributed by atoms with van der Waals surface area (Å²) in [6, 6.07) is 7.94. The van der Waals surface area contributed by atoms with Crippen LogP contribution in [-0.2, 0) is 6.42 Å². The Morgan fingerprint density at radius 3 is 2.62 bits per heavy atom. The summed E-state index contributed by atoms with van der Waals surface area (Å²) in [4.78, 5) is 0. The van der Waals surface area contributed by atoms with Gasteiger partial charge in [-0.05, 0) is 43.4 Å². The molecule has 1 fully saturated rings. The topological polar surface area (TPSA) is 20.2 Å². The SMILES string of the molecule is OC1(CCc2cccc(Cl)c2)CCCCC1. The minimum absolute atomic E-state index is 0.416. The van der Waals surface area contributed by atoms with Crippen molar-refractivity contribution in [1.29, 1.82) is 0 Å². The highest BCUT2D eigenvalue weighted by Crippen LogP contribution is 2.32. The molecule has 0 unspecified atom stereocenters. The number of aryl methyl sites for hydroxylation is 1. The summed E-state index contributed by atoms with van der Waals surface area (Å²) < 4.78 is 0. The Bertz CT molecular complexity index is 342. The van der Waals surface area contributed by atoms with E-state index < -0.39 is 5.60 Å². The molecule has 1 aliphatic carbocycles. The minimum atomic E-state index is -0.416. The highest BCUT2D eigenvalue weighted by Gasteiger charge is 2.28. The Morgan fingerprint density at radius 2 is 1.94 bits per heavy atom. The maximum Gasteiger partial charge on any atom is 0.0651 e. The third-order valence-electron chi connectivity index (χ3n) is 3.55. The van der Waals surface area contributed by atoms with Crippen molar-refractivity contribution in [3.05, 3.63) is 34.9 Å². The number of aliphatic hydroxyl groups is 1. The molecule has 1 aliphatic rings. The van der Waals surface area contributed by atoms with Gasteiger partial charge in [0.25, 0.3) is 0 Å². The Balaban J connectivity index is 1.91. The third-order valence-corrected chi connectivity index (χ3v) is 3.79. The summed E-state index contributed by atoms with van der Waals surface area (Å²) in [6.45, 7) is 0. The van der Waals surface area contributed by atoms with Crippen LogP contribution in [0.2, 0.25) is 5.02 Å². The molecular weight excluding hydrogens is 220 g/mol. The molecule has 0 spiro atoms. The van der Waals surface area contributed by atoms with Crippen LogP contribution in [-0.4, -0.2) is 10.7 Å². The van der Waals surface area contributed by atoms with Crippen molar-refractivity contribution < 1.29 is 5.11 Å². The molecule has 0 aliphatic heterocycles. The average molecular weight is 239 g/mol. The fourth-order valence-electron chi connectivity index (χ4n) is 2.53. The van der Waals surface area contributed by atoms with E-state index in [1.54, 1.807) is 0 Å². The van der Waals surface area contributed by atoms with Gasteiger partial charge in [0.2, 0.25) is 0 Å². The van der Waals surface area contributed by atoms with E-state index in [4.69, 9.17) is 11.6 Å². The van der Waals surface area contributed by atoms with Crippen molar-refractivity contribution in [1.82, 2.24) is 0 Å². The second-order valence-electron chi connectivity index (χ2n) is 4.91. The van der Waals surface area contributed by atoms with E-state index in [0.717, 1.165) is 30.7 Å². The van der Waals surface area contributed by atoms with Gasteiger partial charge in [-0.25, -0.2) is 0 Å². The van der Waals surface area contributed by atoms with Gasteiger partial charge >= 0.3 is 0 Å². The monoisotopic (exact) mass is 238 g/mol. The summed E-state index contributed by atoms with van der Waals surface area (Å²) in [6.07, 6.45) is 7.35. The average Bonchev–Trinajstić information content (AvgIpc) is 2.28. The zero-order chi connectivity index (χ0) is 11.4. The molecule has 1 nitrogen and oxygen atoms in total. The Morgan fingerprint density at radius 1 is 1.19 bits per heavy atom. The minimum Gasteiger partial charge on any atom is -0.390 e. The Hall–Kier alpha value is -0.530. The lowest BCUT2D eigenvalue weighted by atomic mass is 9.81. The molecule has 0 radical (unpaired) electrons. The van der Waals surface area contributed by atoms with E-state index in [0.29, 0.717) is 0 Å². The summed E-state index contributed by atoms with van der Waals surface area (Å²) in [5.74, 6) is 0. The molecule has 0 saturated heterocycles. The summed E-state index contributed by atoms with van der Waals surface area (Å²) in [5, 5.41) is 11.2. The van der Waals surface area contributed by atoms with Crippen LogP contribution in [0.25, 0.3) is 0 Å². The molecule has 1 saturated carbocycles. The number of halogens is 1. The van der Waals surface area contributed by atoms with Crippen LogP contribution in [0.4, 0.5) is 0 Å². The maximum absolute atomic E-state index is 10.4. The van der Waals surface area contributed by atoms with E-state index in [2.05, 4.69) is 6.07 Å². The first-order valence-electron chi connectivity index (χ1n) is 6.15. The zero-order valence-corrected chi connectivity index (χ0v) is 10.3. The van der Waals surface area contributed by atoms with Gasteiger partial charge in [-0.2, -0.15) is 0 Å². The predicted octanol–water partition coefficient (Wildman–Crippen LogP) is 3.97. The van der Waals surface area contributed by atoms with E-state index in [9.17, 15) is 5.11 Å². The third kappa shape index (κ3) is 3.23. The van der Waals surface area contributed by atoms with Crippen molar-refractivity contribution >= 4 is 11.6 Å². The Labute approximate surface area is 102 Å². The molecule has 16 heavy (non-hydrogen) atoms. The van der Waals surface area contributed by atoms with Crippen LogP contribution in [0.15, 0.2) is 24.3 Å². The van der Waals surface area contributed by atoms with E-state index >= 15 is 0 Å². The fraction of sp³-hybridized carbons (Fsp3) is 0.571. The maximum atomic E-state index is 10.4.